The summed E-state index contributed by atoms with van der Waals surface area (Å²) >= 11 is 0. The lowest BCUT2D eigenvalue weighted by Crippen LogP contribution is -2.40. The largest absolute Gasteiger partial charge is 0.355 e. The van der Waals surface area contributed by atoms with Gasteiger partial charge in [-0.05, 0) is 55.2 Å². The van der Waals surface area contributed by atoms with E-state index in [1.54, 1.807) is 12.4 Å². The highest BCUT2D eigenvalue weighted by Gasteiger charge is 2.25. The van der Waals surface area contributed by atoms with Crippen LogP contribution in [0.15, 0.2) is 60.9 Å². The van der Waals surface area contributed by atoms with Gasteiger partial charge in [-0.1, -0.05) is 24.3 Å². The minimum absolute atomic E-state index is 0.0484. The maximum absolute atomic E-state index is 12.5. The van der Waals surface area contributed by atoms with Crippen LogP contribution >= 0.6 is 0 Å². The van der Waals surface area contributed by atoms with Crippen molar-refractivity contribution in [3.05, 3.63) is 72.1 Å². The average molecular weight is 387 g/mol. The molecule has 0 radical (unpaired) electrons. The van der Waals surface area contributed by atoms with E-state index in [1.807, 2.05) is 36.4 Å². The van der Waals surface area contributed by atoms with Crippen molar-refractivity contribution in [2.24, 2.45) is 5.92 Å². The second kappa shape index (κ2) is 8.82. The van der Waals surface area contributed by atoms with Crippen molar-refractivity contribution in [2.45, 2.75) is 26.3 Å². The Bertz CT molecular complexity index is 951. The molecule has 0 unspecified atom stereocenters. The maximum Gasteiger partial charge on any atom is 0.223 e. The van der Waals surface area contributed by atoms with Crippen molar-refractivity contribution >= 4 is 11.7 Å². The molecule has 1 aliphatic rings. The fourth-order valence-corrected chi connectivity index (χ4v) is 3.70. The first-order chi connectivity index (χ1) is 14.2. The lowest BCUT2D eigenvalue weighted by atomic mass is 9.96. The highest BCUT2D eigenvalue weighted by molar-refractivity contribution is 5.79. The number of rotatable bonds is 5. The van der Waals surface area contributed by atoms with E-state index in [-0.39, 0.29) is 11.8 Å². The number of aryl methyl sites for hydroxylation is 1. The van der Waals surface area contributed by atoms with Crippen LogP contribution in [0.3, 0.4) is 0 Å². The summed E-state index contributed by atoms with van der Waals surface area (Å²) in [6.07, 6.45) is 5.13. The van der Waals surface area contributed by atoms with Crippen LogP contribution in [-0.4, -0.2) is 34.2 Å². The van der Waals surface area contributed by atoms with E-state index >= 15 is 0 Å². The predicted molar refractivity (Wildman–Crippen MR) is 113 cm³/mol. The van der Waals surface area contributed by atoms with Crippen molar-refractivity contribution < 1.29 is 4.79 Å². The number of hydrogen-bond acceptors (Lipinski definition) is 5. The van der Waals surface area contributed by atoms with Gasteiger partial charge in [-0.25, -0.2) is 0 Å². The molecule has 0 atom stereocenters. The summed E-state index contributed by atoms with van der Waals surface area (Å²) in [6, 6.07) is 16.1. The zero-order valence-corrected chi connectivity index (χ0v) is 16.6. The molecule has 0 spiro atoms. The van der Waals surface area contributed by atoms with Gasteiger partial charge in [0.25, 0.3) is 0 Å². The molecule has 29 heavy (non-hydrogen) atoms. The number of carbonyl (C=O) groups excluding carboxylic acids is 1. The van der Waals surface area contributed by atoms with Gasteiger partial charge in [0.1, 0.15) is 0 Å². The number of aromatic nitrogens is 3. The van der Waals surface area contributed by atoms with Crippen molar-refractivity contribution in [3.63, 3.8) is 0 Å². The molecule has 3 aromatic rings. The van der Waals surface area contributed by atoms with Crippen LogP contribution in [0.5, 0.6) is 0 Å². The van der Waals surface area contributed by atoms with Gasteiger partial charge in [0.2, 0.25) is 5.91 Å². The predicted octanol–water partition coefficient (Wildman–Crippen LogP) is 3.38. The number of hydrogen-bond donors (Lipinski definition) is 1. The number of piperidine rings is 1. The third-order valence-corrected chi connectivity index (χ3v) is 5.48. The van der Waals surface area contributed by atoms with E-state index in [1.165, 1.54) is 5.56 Å². The summed E-state index contributed by atoms with van der Waals surface area (Å²) in [7, 11) is 0. The molecular weight excluding hydrogens is 362 g/mol. The third kappa shape index (κ3) is 4.59. The van der Waals surface area contributed by atoms with E-state index in [9.17, 15) is 4.79 Å². The zero-order chi connectivity index (χ0) is 20.1. The molecule has 148 valence electrons. The maximum atomic E-state index is 12.5. The molecule has 4 rings (SSSR count). The Labute approximate surface area is 171 Å². The topological polar surface area (TPSA) is 71.0 Å². The Morgan fingerprint density at radius 3 is 2.48 bits per heavy atom. The smallest absolute Gasteiger partial charge is 0.223 e. The van der Waals surface area contributed by atoms with Gasteiger partial charge in [0.15, 0.2) is 5.82 Å². The van der Waals surface area contributed by atoms with Crippen LogP contribution in [0.4, 0.5) is 5.82 Å². The Morgan fingerprint density at radius 1 is 1.03 bits per heavy atom. The van der Waals surface area contributed by atoms with Crippen LogP contribution in [-0.2, 0) is 11.3 Å². The number of anilines is 1. The third-order valence-electron chi connectivity index (χ3n) is 5.48. The number of carbonyl (C=O) groups is 1. The highest BCUT2D eigenvalue weighted by atomic mass is 16.1. The molecular formula is C23H25N5O. The Hall–Kier alpha value is -3.28. The average Bonchev–Trinajstić information content (AvgIpc) is 2.79. The molecule has 1 aromatic carbocycles. The fourth-order valence-electron chi connectivity index (χ4n) is 3.70. The van der Waals surface area contributed by atoms with E-state index in [0.29, 0.717) is 6.54 Å². The monoisotopic (exact) mass is 387 g/mol. The van der Waals surface area contributed by atoms with E-state index < -0.39 is 0 Å². The molecule has 2 aromatic heterocycles. The minimum Gasteiger partial charge on any atom is -0.355 e. The van der Waals surface area contributed by atoms with Crippen LogP contribution in [0.25, 0.3) is 11.3 Å². The normalized spacial score (nSPS) is 14.6. The highest BCUT2D eigenvalue weighted by Crippen LogP contribution is 2.25. The fraction of sp³-hybridized carbons (Fsp3) is 0.304. The van der Waals surface area contributed by atoms with Gasteiger partial charge >= 0.3 is 0 Å². The molecule has 1 N–H and O–H groups in total. The molecule has 1 fully saturated rings. The lowest BCUT2D eigenvalue weighted by molar-refractivity contribution is -0.125. The Balaban J connectivity index is 1.31. The van der Waals surface area contributed by atoms with Gasteiger partial charge in [-0.2, -0.15) is 0 Å². The number of nitrogens with one attached hydrogen (secondary N) is 1. The SMILES string of the molecule is Cc1ccccc1-c1ccc(N2CCC(C(=O)NCc3ccncc3)CC2)nn1. The number of nitrogens with zero attached hydrogens (tertiary/aromatic N) is 4. The van der Waals surface area contributed by atoms with Crippen LogP contribution in [0.2, 0.25) is 0 Å². The van der Waals surface area contributed by atoms with Crippen molar-refractivity contribution in [3.8, 4) is 11.3 Å². The summed E-state index contributed by atoms with van der Waals surface area (Å²) in [4.78, 5) is 18.7. The molecule has 3 heterocycles. The number of benzene rings is 1. The number of amides is 1. The summed E-state index contributed by atoms with van der Waals surface area (Å²) in [6.45, 7) is 4.25. The molecule has 0 bridgehead atoms. The second-order valence-corrected chi connectivity index (χ2v) is 7.43. The zero-order valence-electron chi connectivity index (χ0n) is 16.6. The Kier molecular flexibility index (Phi) is 5.79. The van der Waals surface area contributed by atoms with E-state index in [2.05, 4.69) is 44.5 Å². The standard InChI is InChI=1S/C23H25N5O/c1-17-4-2-3-5-20(17)21-6-7-22(27-26-21)28-14-10-19(11-15-28)23(29)25-16-18-8-12-24-13-9-18/h2-9,12-13,19H,10-11,14-16H2,1H3,(H,25,29). The first-order valence-corrected chi connectivity index (χ1v) is 10.0. The number of pyridine rings is 1. The van der Waals surface area contributed by atoms with Crippen LogP contribution in [0, 0.1) is 12.8 Å². The minimum atomic E-state index is 0.0484. The first kappa shape index (κ1) is 19.1. The summed E-state index contributed by atoms with van der Waals surface area (Å²) in [5, 5.41) is 11.9. The van der Waals surface area contributed by atoms with E-state index in [4.69, 9.17) is 0 Å². The summed E-state index contributed by atoms with van der Waals surface area (Å²) < 4.78 is 0. The molecule has 6 nitrogen and oxygen atoms in total. The van der Waals surface area contributed by atoms with Crippen LogP contribution < -0.4 is 10.2 Å². The molecule has 1 amide bonds. The molecule has 6 heteroatoms. The molecule has 1 aliphatic heterocycles. The van der Waals surface area contributed by atoms with Gasteiger partial charge in [-0.3, -0.25) is 9.78 Å². The molecule has 0 saturated carbocycles. The van der Waals surface area contributed by atoms with E-state index in [0.717, 1.165) is 48.6 Å². The summed E-state index contributed by atoms with van der Waals surface area (Å²) in [5.41, 5.74) is 4.25. The quantitative estimate of drug-likeness (QED) is 0.727. The van der Waals surface area contributed by atoms with Gasteiger partial charge in [0.05, 0.1) is 5.69 Å². The van der Waals surface area contributed by atoms with Gasteiger partial charge in [0, 0.05) is 43.5 Å². The molecule has 0 aliphatic carbocycles. The van der Waals surface area contributed by atoms with Gasteiger partial charge < -0.3 is 10.2 Å². The van der Waals surface area contributed by atoms with Crippen LogP contribution in [0.1, 0.15) is 24.0 Å². The van der Waals surface area contributed by atoms with Crippen molar-refractivity contribution in [1.82, 2.24) is 20.5 Å². The van der Waals surface area contributed by atoms with Crippen molar-refractivity contribution in [1.29, 1.82) is 0 Å². The van der Waals surface area contributed by atoms with Crippen molar-refractivity contribution in [2.75, 3.05) is 18.0 Å². The first-order valence-electron chi connectivity index (χ1n) is 10.0. The summed E-state index contributed by atoms with van der Waals surface area (Å²) in [5.74, 6) is 1.05. The Morgan fingerprint density at radius 2 is 1.79 bits per heavy atom. The van der Waals surface area contributed by atoms with Gasteiger partial charge in [-0.15, -0.1) is 10.2 Å². The second-order valence-electron chi connectivity index (χ2n) is 7.43. The lowest BCUT2D eigenvalue weighted by Gasteiger charge is -2.31. The molecule has 1 saturated heterocycles.